The summed E-state index contributed by atoms with van der Waals surface area (Å²) in [6.07, 6.45) is 0. The Balaban J connectivity index is 1.56. The molecule has 0 saturated heterocycles. The Labute approximate surface area is 190 Å². The van der Waals surface area contributed by atoms with E-state index in [2.05, 4.69) is 96.0 Å². The molecule has 3 heteroatoms. The first-order valence-electron chi connectivity index (χ1n) is 11.1. The molecule has 0 saturated carbocycles. The smallest absolute Gasteiger partial charge is 0.0900 e. The van der Waals surface area contributed by atoms with Crippen molar-refractivity contribution >= 4 is 43.6 Å². The van der Waals surface area contributed by atoms with Gasteiger partial charge in [-0.25, -0.2) is 9.97 Å². The quantitative estimate of drug-likeness (QED) is 0.310. The molecule has 0 atom stereocenters. The molecule has 0 fully saturated rings. The number of aromatic amines is 1. The third-order valence-corrected chi connectivity index (χ3v) is 6.38. The third kappa shape index (κ3) is 2.90. The summed E-state index contributed by atoms with van der Waals surface area (Å²) in [6, 6.07) is 38.0. The van der Waals surface area contributed by atoms with Crippen molar-refractivity contribution in [3.63, 3.8) is 0 Å². The lowest BCUT2D eigenvalue weighted by Crippen LogP contribution is -1.92. The molecule has 0 spiro atoms. The highest BCUT2D eigenvalue weighted by Gasteiger charge is 2.14. The van der Waals surface area contributed by atoms with E-state index in [1.54, 1.807) is 0 Å². The van der Waals surface area contributed by atoms with Crippen molar-refractivity contribution in [3.05, 3.63) is 109 Å². The molecule has 3 heterocycles. The maximum atomic E-state index is 5.08. The Bertz CT molecular complexity index is 1810. The van der Waals surface area contributed by atoms with Gasteiger partial charge < -0.3 is 4.98 Å². The normalized spacial score (nSPS) is 11.6. The maximum Gasteiger partial charge on any atom is 0.0900 e. The van der Waals surface area contributed by atoms with E-state index in [9.17, 15) is 0 Å². The Hall–Kier alpha value is -4.50. The Morgan fingerprint density at radius 2 is 1.27 bits per heavy atom. The van der Waals surface area contributed by atoms with Crippen molar-refractivity contribution in [1.29, 1.82) is 0 Å². The Kier molecular flexibility index (Phi) is 3.84. The van der Waals surface area contributed by atoms with Crippen LogP contribution >= 0.6 is 0 Å². The van der Waals surface area contributed by atoms with Gasteiger partial charge in [-0.3, -0.25) is 0 Å². The number of benzene rings is 4. The third-order valence-electron chi connectivity index (χ3n) is 6.38. The number of nitrogens with zero attached hydrogens (tertiary/aromatic N) is 2. The molecule has 33 heavy (non-hydrogen) atoms. The summed E-state index contributed by atoms with van der Waals surface area (Å²) < 4.78 is 0. The van der Waals surface area contributed by atoms with E-state index in [4.69, 9.17) is 9.97 Å². The summed E-state index contributed by atoms with van der Waals surface area (Å²) in [5, 5.41) is 4.72. The topological polar surface area (TPSA) is 41.6 Å². The molecule has 3 nitrogen and oxygen atoms in total. The van der Waals surface area contributed by atoms with Crippen molar-refractivity contribution in [3.8, 4) is 22.5 Å². The fraction of sp³-hybridized carbons (Fsp3) is 0. The number of hydrogen-bond donors (Lipinski definition) is 1. The number of nitrogens with one attached hydrogen (secondary N) is 1. The molecule has 7 rings (SSSR count). The van der Waals surface area contributed by atoms with Crippen LogP contribution in [-0.2, 0) is 0 Å². The van der Waals surface area contributed by atoms with Crippen molar-refractivity contribution in [2.45, 2.75) is 0 Å². The zero-order valence-corrected chi connectivity index (χ0v) is 17.8. The van der Waals surface area contributed by atoms with Gasteiger partial charge in [0.2, 0.25) is 0 Å². The predicted octanol–water partition coefficient (Wildman–Crippen LogP) is 7.75. The lowest BCUT2D eigenvalue weighted by Gasteiger charge is -2.11. The molecule has 1 N–H and O–H groups in total. The minimum Gasteiger partial charge on any atom is -0.354 e. The van der Waals surface area contributed by atoms with E-state index >= 15 is 0 Å². The van der Waals surface area contributed by atoms with Crippen LogP contribution in [0.25, 0.3) is 66.1 Å². The van der Waals surface area contributed by atoms with Gasteiger partial charge in [0.15, 0.2) is 0 Å². The van der Waals surface area contributed by atoms with Gasteiger partial charge >= 0.3 is 0 Å². The van der Waals surface area contributed by atoms with E-state index in [0.717, 1.165) is 49.8 Å². The maximum absolute atomic E-state index is 5.08. The monoisotopic (exact) mass is 421 g/mol. The first-order chi connectivity index (χ1) is 16.3. The zero-order chi connectivity index (χ0) is 21.8. The summed E-state index contributed by atoms with van der Waals surface area (Å²) >= 11 is 0. The summed E-state index contributed by atoms with van der Waals surface area (Å²) in [5.41, 5.74) is 8.26. The Morgan fingerprint density at radius 1 is 0.485 bits per heavy atom. The van der Waals surface area contributed by atoms with E-state index in [0.29, 0.717) is 0 Å². The van der Waals surface area contributed by atoms with Crippen LogP contribution in [0.3, 0.4) is 0 Å². The number of rotatable bonds is 2. The molecule has 154 valence electrons. The van der Waals surface area contributed by atoms with Gasteiger partial charge in [-0.2, -0.15) is 0 Å². The number of fused-ring (bicyclic) bond motifs is 5. The number of aromatic nitrogens is 3. The van der Waals surface area contributed by atoms with Gasteiger partial charge in [0.1, 0.15) is 0 Å². The average Bonchev–Trinajstić information content (AvgIpc) is 3.24. The molecule has 0 unspecified atom stereocenters. The summed E-state index contributed by atoms with van der Waals surface area (Å²) in [4.78, 5) is 13.5. The van der Waals surface area contributed by atoms with Gasteiger partial charge in [-0.1, -0.05) is 72.8 Å². The van der Waals surface area contributed by atoms with Gasteiger partial charge in [-0.05, 0) is 47.5 Å². The number of H-pyrrole nitrogens is 1. The first-order valence-corrected chi connectivity index (χ1v) is 11.1. The fourth-order valence-electron chi connectivity index (χ4n) is 4.77. The summed E-state index contributed by atoms with van der Waals surface area (Å²) in [7, 11) is 0. The molecule has 7 aromatic rings. The van der Waals surface area contributed by atoms with Crippen LogP contribution in [0.4, 0.5) is 0 Å². The molecule has 0 aliphatic carbocycles. The second kappa shape index (κ2) is 7.01. The molecule has 0 aliphatic heterocycles. The first kappa shape index (κ1) is 18.1. The van der Waals surface area contributed by atoms with Crippen LogP contribution in [0.1, 0.15) is 0 Å². The molecule has 4 aromatic carbocycles. The van der Waals surface area contributed by atoms with Gasteiger partial charge in [0, 0.05) is 32.6 Å². The van der Waals surface area contributed by atoms with Crippen LogP contribution in [0.5, 0.6) is 0 Å². The lowest BCUT2D eigenvalue weighted by molar-refractivity contribution is 1.32. The van der Waals surface area contributed by atoms with E-state index < -0.39 is 0 Å². The molecule has 0 amide bonds. The Morgan fingerprint density at radius 3 is 2.21 bits per heavy atom. The summed E-state index contributed by atoms with van der Waals surface area (Å²) in [5.74, 6) is 0. The SMILES string of the molecule is c1ccc(-c2cc(-c3ccc4ccccc4n3)nc3cc4[nH]c5ccccc5c4cc23)cc1. The van der Waals surface area contributed by atoms with Crippen LogP contribution in [-0.4, -0.2) is 15.0 Å². The second-order valence-corrected chi connectivity index (χ2v) is 8.40. The minimum absolute atomic E-state index is 0.877. The van der Waals surface area contributed by atoms with E-state index in [-0.39, 0.29) is 0 Å². The predicted molar refractivity (Wildman–Crippen MR) is 137 cm³/mol. The van der Waals surface area contributed by atoms with Crippen molar-refractivity contribution in [1.82, 2.24) is 15.0 Å². The molecule has 0 radical (unpaired) electrons. The van der Waals surface area contributed by atoms with Crippen LogP contribution in [0.2, 0.25) is 0 Å². The highest BCUT2D eigenvalue weighted by molar-refractivity contribution is 6.13. The van der Waals surface area contributed by atoms with Crippen LogP contribution in [0.15, 0.2) is 109 Å². The molecular formula is C30H19N3. The summed E-state index contributed by atoms with van der Waals surface area (Å²) in [6.45, 7) is 0. The number of pyridine rings is 2. The van der Waals surface area contributed by atoms with E-state index in [1.165, 1.54) is 16.3 Å². The highest BCUT2D eigenvalue weighted by atomic mass is 14.8. The highest BCUT2D eigenvalue weighted by Crippen LogP contribution is 2.36. The largest absolute Gasteiger partial charge is 0.354 e. The standard InChI is InChI=1S/C30H19N3/c1-2-8-19(9-3-1)22-17-30(27-15-14-20-10-4-6-12-25(20)31-27)33-29-18-28-23(16-24(22)29)21-11-5-7-13-26(21)32-28/h1-18,32H. The van der Waals surface area contributed by atoms with Gasteiger partial charge in [0.25, 0.3) is 0 Å². The molecule has 0 aliphatic rings. The van der Waals surface area contributed by atoms with Crippen molar-refractivity contribution in [2.75, 3.05) is 0 Å². The molecule has 0 bridgehead atoms. The van der Waals surface area contributed by atoms with Crippen molar-refractivity contribution in [2.24, 2.45) is 0 Å². The van der Waals surface area contributed by atoms with Crippen molar-refractivity contribution < 1.29 is 0 Å². The number of para-hydroxylation sites is 2. The van der Waals surface area contributed by atoms with E-state index in [1.807, 2.05) is 18.2 Å². The number of hydrogen-bond acceptors (Lipinski definition) is 2. The second-order valence-electron chi connectivity index (χ2n) is 8.40. The molecular weight excluding hydrogens is 402 g/mol. The molecule has 3 aromatic heterocycles. The average molecular weight is 422 g/mol. The zero-order valence-electron chi connectivity index (χ0n) is 17.8. The fourth-order valence-corrected chi connectivity index (χ4v) is 4.77. The van der Waals surface area contributed by atoms with Gasteiger partial charge in [-0.15, -0.1) is 0 Å². The van der Waals surface area contributed by atoms with Crippen LogP contribution in [0, 0.1) is 0 Å². The van der Waals surface area contributed by atoms with Gasteiger partial charge in [0.05, 0.1) is 22.4 Å². The van der Waals surface area contributed by atoms with Crippen LogP contribution < -0.4 is 0 Å². The lowest BCUT2D eigenvalue weighted by atomic mass is 9.97. The minimum atomic E-state index is 0.877.